The Bertz CT molecular complexity index is 1670. The first-order valence-electron chi connectivity index (χ1n) is 18.0. The second-order valence-electron chi connectivity index (χ2n) is 16.7. The fourth-order valence-corrected chi connectivity index (χ4v) is 10.6. The summed E-state index contributed by atoms with van der Waals surface area (Å²) in [5.41, 5.74) is -5.09. The van der Waals surface area contributed by atoms with Crippen LogP contribution in [-0.2, 0) is 52.4 Å². The van der Waals surface area contributed by atoms with Gasteiger partial charge in [-0.2, -0.15) is 0 Å². The van der Waals surface area contributed by atoms with Gasteiger partial charge in [-0.25, -0.2) is 14.4 Å². The van der Waals surface area contributed by atoms with Crippen LogP contribution in [-0.4, -0.2) is 141 Å². The van der Waals surface area contributed by atoms with Gasteiger partial charge in [-0.15, -0.1) is 0 Å². The van der Waals surface area contributed by atoms with E-state index in [0.717, 1.165) is 13.2 Å². The lowest BCUT2D eigenvalue weighted by atomic mass is 9.38. The summed E-state index contributed by atoms with van der Waals surface area (Å²) in [4.78, 5) is 67.2. The average molecular weight is 767 g/mol. The lowest BCUT2D eigenvalue weighted by Gasteiger charge is -2.67. The number of rotatable bonds is 9. The highest BCUT2D eigenvalue weighted by Gasteiger charge is 2.85. The monoisotopic (exact) mass is 766 g/mol. The highest BCUT2D eigenvalue weighted by atomic mass is 16.7. The Labute approximate surface area is 311 Å². The van der Waals surface area contributed by atoms with Gasteiger partial charge in [0.1, 0.15) is 42.4 Å². The van der Waals surface area contributed by atoms with E-state index >= 15 is 0 Å². The minimum Gasteiger partial charge on any atom is -0.467 e. The average Bonchev–Trinajstić information content (AvgIpc) is 3.40. The van der Waals surface area contributed by atoms with E-state index < -0.39 is 125 Å². The van der Waals surface area contributed by atoms with Gasteiger partial charge in [0.05, 0.1) is 32.3 Å². The number of esters is 3. The molecule has 15 unspecified atom stereocenters. The van der Waals surface area contributed by atoms with Gasteiger partial charge in [-0.1, -0.05) is 26.3 Å². The van der Waals surface area contributed by atoms with Crippen LogP contribution in [0.2, 0.25) is 0 Å². The van der Waals surface area contributed by atoms with Crippen molar-refractivity contribution in [3.05, 3.63) is 23.0 Å². The standard InChI is InChI=1S/C37H50O17/c1-14(34(4,5)10-15(2)39)8-21(41)53-27-29-36-13-50-37(29,33(48)49-7)30(46)25(45)28(36)35(6)11-18(40)26(16(3)17(35)9-20(36)52-31(27)47)54-32-24(44)23(43)22(42)19(12-38)51-32/h8,17,19-20,22-25,27-30,32,38,42-46H,9-13H2,1-7H3. The van der Waals surface area contributed by atoms with Crippen molar-refractivity contribution in [2.24, 2.45) is 34.0 Å². The molecular formula is C37H50O17. The number of fused-ring (bicyclic) bond motifs is 2. The Kier molecular flexibility index (Phi) is 10.3. The number of carbonyl (C=O) groups excluding carboxylic acids is 5. The molecule has 2 bridgehead atoms. The zero-order valence-corrected chi connectivity index (χ0v) is 31.2. The molecule has 17 heteroatoms. The maximum absolute atomic E-state index is 14.1. The van der Waals surface area contributed by atoms with Crippen molar-refractivity contribution in [3.63, 3.8) is 0 Å². The first-order valence-corrected chi connectivity index (χ1v) is 18.0. The molecule has 5 fully saturated rings. The summed E-state index contributed by atoms with van der Waals surface area (Å²) in [7, 11) is 1.04. The van der Waals surface area contributed by atoms with E-state index in [1.807, 2.05) is 0 Å². The van der Waals surface area contributed by atoms with E-state index in [1.54, 1.807) is 34.6 Å². The van der Waals surface area contributed by atoms with Gasteiger partial charge < -0.3 is 59.1 Å². The van der Waals surface area contributed by atoms with Crippen molar-refractivity contribution < 1.29 is 83.0 Å². The van der Waals surface area contributed by atoms with Gasteiger partial charge in [-0.05, 0) is 49.5 Å². The van der Waals surface area contributed by atoms with Crippen LogP contribution >= 0.6 is 0 Å². The van der Waals surface area contributed by atoms with Crippen LogP contribution in [0, 0.1) is 34.0 Å². The molecule has 17 nitrogen and oxygen atoms in total. The van der Waals surface area contributed by atoms with Crippen molar-refractivity contribution in [3.8, 4) is 0 Å². The van der Waals surface area contributed by atoms with Crippen LogP contribution < -0.4 is 0 Å². The van der Waals surface area contributed by atoms with Crippen LogP contribution in [0.15, 0.2) is 23.0 Å². The zero-order valence-electron chi connectivity index (χ0n) is 31.2. The third kappa shape index (κ3) is 5.68. The van der Waals surface area contributed by atoms with Crippen molar-refractivity contribution in [1.29, 1.82) is 0 Å². The molecular weight excluding hydrogens is 716 g/mol. The largest absolute Gasteiger partial charge is 0.467 e. The predicted molar refractivity (Wildman–Crippen MR) is 178 cm³/mol. The van der Waals surface area contributed by atoms with E-state index in [4.69, 9.17) is 28.4 Å². The number of aliphatic hydroxyl groups excluding tert-OH is 6. The zero-order chi connectivity index (χ0) is 40.0. The minimum atomic E-state index is -2.38. The predicted octanol–water partition coefficient (Wildman–Crippen LogP) is -1.24. The minimum absolute atomic E-state index is 0.00175. The molecule has 0 amide bonds. The summed E-state index contributed by atoms with van der Waals surface area (Å²) in [6.45, 7) is 8.78. The number of Topliss-reactive ketones (excluding diaryl/α,β-unsaturated/α-hetero) is 2. The van der Waals surface area contributed by atoms with Crippen molar-refractivity contribution in [1.82, 2.24) is 0 Å². The lowest BCUT2D eigenvalue weighted by molar-refractivity contribution is -0.296. The molecule has 6 N–H and O–H groups in total. The molecule has 0 aromatic carbocycles. The Morgan fingerprint density at radius 3 is 2.28 bits per heavy atom. The van der Waals surface area contributed by atoms with Crippen LogP contribution in [0.25, 0.3) is 0 Å². The van der Waals surface area contributed by atoms with E-state index in [0.29, 0.717) is 11.1 Å². The van der Waals surface area contributed by atoms with Gasteiger partial charge in [0.2, 0.25) is 18.0 Å². The van der Waals surface area contributed by atoms with Gasteiger partial charge in [0, 0.05) is 30.3 Å². The number of ketones is 2. The highest BCUT2D eigenvalue weighted by molar-refractivity contribution is 5.96. The molecule has 0 aromatic heterocycles. The molecule has 54 heavy (non-hydrogen) atoms. The molecule has 2 saturated carbocycles. The number of hydrogen-bond acceptors (Lipinski definition) is 17. The molecule has 300 valence electrons. The summed E-state index contributed by atoms with van der Waals surface area (Å²) in [6, 6.07) is 0. The van der Waals surface area contributed by atoms with Crippen molar-refractivity contribution in [2.45, 2.75) is 122 Å². The van der Waals surface area contributed by atoms with Crippen LogP contribution in [0.1, 0.15) is 60.8 Å². The number of ether oxygens (including phenoxy) is 6. The second kappa shape index (κ2) is 13.7. The van der Waals surface area contributed by atoms with E-state index in [2.05, 4.69) is 0 Å². The number of allylic oxidation sites excluding steroid dienone is 3. The summed E-state index contributed by atoms with van der Waals surface area (Å²) >= 11 is 0. The molecule has 1 spiro atoms. The fourth-order valence-electron chi connectivity index (χ4n) is 10.6. The molecule has 3 aliphatic carbocycles. The summed E-state index contributed by atoms with van der Waals surface area (Å²) in [6.07, 6.45) is -14.0. The normalized spacial score (nSPS) is 44.5. The molecule has 6 aliphatic rings. The van der Waals surface area contributed by atoms with E-state index in [1.165, 1.54) is 6.92 Å². The summed E-state index contributed by atoms with van der Waals surface area (Å²) in [5.74, 6) is -7.37. The number of methoxy groups -OCH3 is 1. The Morgan fingerprint density at radius 2 is 1.67 bits per heavy atom. The van der Waals surface area contributed by atoms with Gasteiger partial charge in [-0.3, -0.25) is 9.59 Å². The van der Waals surface area contributed by atoms with E-state index in [-0.39, 0.29) is 37.4 Å². The second-order valence-corrected chi connectivity index (χ2v) is 16.7. The van der Waals surface area contributed by atoms with Crippen LogP contribution in [0.3, 0.4) is 0 Å². The third-order valence-electron chi connectivity index (χ3n) is 13.2. The topological polar surface area (TPSA) is 262 Å². The fraction of sp³-hybridized carbons (Fsp3) is 0.757. The molecule has 15 atom stereocenters. The van der Waals surface area contributed by atoms with Crippen molar-refractivity contribution in [2.75, 3.05) is 20.3 Å². The summed E-state index contributed by atoms with van der Waals surface area (Å²) in [5, 5.41) is 64.8. The van der Waals surface area contributed by atoms with Gasteiger partial charge in [0.15, 0.2) is 11.5 Å². The highest BCUT2D eigenvalue weighted by Crippen LogP contribution is 2.73. The molecule has 0 aromatic rings. The Morgan fingerprint density at radius 1 is 1.00 bits per heavy atom. The van der Waals surface area contributed by atoms with Crippen molar-refractivity contribution >= 4 is 29.5 Å². The number of aliphatic hydroxyl groups is 6. The SMILES string of the molecule is COC(=O)C12OCC34C(CC5C(C)=C(OC6OC(CO)C(O)C(O)C6O)C(=O)CC5(C)C3C(O)C1O)OC(=O)C(OC(=O)C=C(C)C(C)(C)CC(C)=O)C24. The molecule has 3 heterocycles. The number of hydrogen-bond donors (Lipinski definition) is 6. The van der Waals surface area contributed by atoms with E-state index in [9.17, 15) is 54.6 Å². The summed E-state index contributed by atoms with van der Waals surface area (Å²) < 4.78 is 34.5. The molecule has 0 radical (unpaired) electrons. The van der Waals surface area contributed by atoms with Gasteiger partial charge in [0.25, 0.3) is 0 Å². The van der Waals surface area contributed by atoms with Crippen LogP contribution in [0.4, 0.5) is 0 Å². The molecule has 3 aliphatic heterocycles. The molecule has 3 saturated heterocycles. The third-order valence-corrected chi connectivity index (χ3v) is 13.2. The van der Waals surface area contributed by atoms with Crippen LogP contribution in [0.5, 0.6) is 0 Å². The Hall–Kier alpha value is -3.29. The quantitative estimate of drug-likeness (QED) is 0.0911. The first-order chi connectivity index (χ1) is 25.1. The van der Waals surface area contributed by atoms with Gasteiger partial charge >= 0.3 is 17.9 Å². The lowest BCUT2D eigenvalue weighted by Crippen LogP contribution is -2.79. The maximum atomic E-state index is 14.1. The first kappa shape index (κ1) is 40.4. The molecule has 6 rings (SSSR count). The maximum Gasteiger partial charge on any atom is 0.348 e. The Balaban J connectivity index is 1.41. The number of carbonyl (C=O) groups is 5. The smallest absolute Gasteiger partial charge is 0.348 e.